The van der Waals surface area contributed by atoms with E-state index in [1.165, 1.54) is 17.8 Å². The fraction of sp³-hybridized carbons (Fsp3) is 0.360. The van der Waals surface area contributed by atoms with E-state index in [9.17, 15) is 14.0 Å². The average Bonchev–Trinajstić information content (AvgIpc) is 2.84. The second-order valence-electron chi connectivity index (χ2n) is 8.34. The number of amides is 1. The van der Waals surface area contributed by atoms with Crippen molar-refractivity contribution in [2.45, 2.75) is 11.3 Å². The summed E-state index contributed by atoms with van der Waals surface area (Å²) < 4.78 is 15.6. The summed E-state index contributed by atoms with van der Waals surface area (Å²) >= 11 is 7.49. The number of hydrogen-bond acceptors (Lipinski definition) is 5. The van der Waals surface area contributed by atoms with Crippen molar-refractivity contribution in [3.63, 3.8) is 0 Å². The van der Waals surface area contributed by atoms with Gasteiger partial charge in [-0.2, -0.15) is 0 Å². The molecule has 0 radical (unpaired) electrons. The van der Waals surface area contributed by atoms with Crippen molar-refractivity contribution in [3.05, 3.63) is 69.7 Å². The fourth-order valence-corrected chi connectivity index (χ4v) is 5.23. The first-order chi connectivity index (χ1) is 16.4. The Bertz CT molecular complexity index is 1230. The van der Waals surface area contributed by atoms with E-state index in [2.05, 4.69) is 15.1 Å². The first kappa shape index (κ1) is 24.6. The third-order valence-electron chi connectivity index (χ3n) is 6.07. The lowest BCUT2D eigenvalue weighted by Crippen LogP contribution is -2.47. The van der Waals surface area contributed by atoms with E-state index in [4.69, 9.17) is 11.6 Å². The van der Waals surface area contributed by atoms with Crippen molar-refractivity contribution in [1.82, 2.24) is 14.8 Å². The number of benzene rings is 2. The first-order valence-electron chi connectivity index (χ1n) is 11.3. The second-order valence-corrected chi connectivity index (χ2v) is 9.79. The minimum atomic E-state index is -0.177. The number of aryl methyl sites for hydroxylation is 1. The molecule has 0 atom stereocenters. The van der Waals surface area contributed by atoms with Crippen LogP contribution in [-0.4, -0.2) is 60.4 Å². The number of thioether (sulfide) groups is 1. The Hall–Kier alpha value is -2.55. The van der Waals surface area contributed by atoms with Crippen LogP contribution in [0.5, 0.6) is 0 Å². The number of aromatic nitrogens is 1. The second kappa shape index (κ2) is 11.3. The van der Waals surface area contributed by atoms with Crippen molar-refractivity contribution in [2.75, 3.05) is 49.9 Å². The summed E-state index contributed by atoms with van der Waals surface area (Å²) in [7, 11) is 1.72. The topological polar surface area (TPSA) is 57.6 Å². The molecule has 4 rings (SSSR count). The van der Waals surface area contributed by atoms with Gasteiger partial charge in [0.25, 0.3) is 5.56 Å². The van der Waals surface area contributed by atoms with Crippen LogP contribution in [0.2, 0.25) is 5.02 Å². The third kappa shape index (κ3) is 5.92. The van der Waals surface area contributed by atoms with Gasteiger partial charge in [-0.05, 0) is 43.3 Å². The maximum atomic E-state index is 14.0. The zero-order valence-electron chi connectivity index (χ0n) is 19.1. The van der Waals surface area contributed by atoms with Gasteiger partial charge in [-0.1, -0.05) is 23.7 Å². The summed E-state index contributed by atoms with van der Waals surface area (Å²) in [6.45, 7) is 4.80. The Labute approximate surface area is 207 Å². The van der Waals surface area contributed by atoms with Gasteiger partial charge in [-0.25, -0.2) is 4.39 Å². The minimum absolute atomic E-state index is 0.0646. The Morgan fingerprint density at radius 3 is 2.65 bits per heavy atom. The lowest BCUT2D eigenvalue weighted by Gasteiger charge is -2.36. The molecule has 1 aliphatic rings. The predicted molar refractivity (Wildman–Crippen MR) is 138 cm³/mol. The van der Waals surface area contributed by atoms with Gasteiger partial charge < -0.3 is 14.8 Å². The number of nitrogens with zero attached hydrogens (tertiary/aromatic N) is 3. The molecule has 34 heavy (non-hydrogen) atoms. The van der Waals surface area contributed by atoms with Crippen LogP contribution in [0.1, 0.15) is 6.42 Å². The van der Waals surface area contributed by atoms with Crippen molar-refractivity contribution < 1.29 is 9.18 Å². The van der Waals surface area contributed by atoms with Crippen LogP contribution < -0.4 is 15.8 Å². The molecule has 1 fully saturated rings. The van der Waals surface area contributed by atoms with Gasteiger partial charge in [-0.3, -0.25) is 14.5 Å². The molecule has 1 N–H and O–H groups in total. The number of para-hydroxylation sites is 1. The summed E-state index contributed by atoms with van der Waals surface area (Å²) in [6, 6.07) is 13.8. The standard InChI is InChI=1S/C25H28ClFN4O2S/c1-29-21-8-7-18(26)15-19(21)23(16-25(29)33)34-17-24(32)28-9-4-10-30-11-13-31(14-12-30)22-6-3-2-5-20(22)27/h2-3,5-8,15-16H,4,9-14,17H2,1H3,(H,28,32). The van der Waals surface area contributed by atoms with Gasteiger partial charge >= 0.3 is 0 Å². The summed E-state index contributed by atoms with van der Waals surface area (Å²) in [6.07, 6.45) is 0.848. The van der Waals surface area contributed by atoms with E-state index in [0.29, 0.717) is 17.3 Å². The van der Waals surface area contributed by atoms with Gasteiger partial charge in [0.2, 0.25) is 5.91 Å². The lowest BCUT2D eigenvalue weighted by molar-refractivity contribution is -0.118. The number of piperazine rings is 1. The normalized spacial score (nSPS) is 14.5. The number of fused-ring (bicyclic) bond motifs is 1. The Morgan fingerprint density at radius 1 is 1.12 bits per heavy atom. The predicted octanol–water partition coefficient (Wildman–Crippen LogP) is 3.75. The number of carbonyl (C=O) groups is 1. The van der Waals surface area contributed by atoms with Gasteiger partial charge in [0.05, 0.1) is 17.0 Å². The van der Waals surface area contributed by atoms with E-state index in [0.717, 1.165) is 54.9 Å². The molecular weight excluding hydrogens is 475 g/mol. The molecule has 1 aromatic heterocycles. The molecular formula is C25H28ClFN4O2S. The number of halogens is 2. The molecule has 2 heterocycles. The SMILES string of the molecule is Cn1c(=O)cc(SCC(=O)NCCCN2CCN(c3ccccc3F)CC2)c2cc(Cl)ccc21. The van der Waals surface area contributed by atoms with E-state index < -0.39 is 0 Å². The van der Waals surface area contributed by atoms with E-state index >= 15 is 0 Å². The van der Waals surface area contributed by atoms with Gasteiger partial charge in [0.1, 0.15) is 5.82 Å². The molecule has 180 valence electrons. The molecule has 0 saturated carbocycles. The van der Waals surface area contributed by atoms with Crippen LogP contribution in [0.25, 0.3) is 10.9 Å². The summed E-state index contributed by atoms with van der Waals surface area (Å²) in [4.78, 5) is 29.8. The number of anilines is 1. The number of hydrogen-bond donors (Lipinski definition) is 1. The zero-order valence-corrected chi connectivity index (χ0v) is 20.7. The van der Waals surface area contributed by atoms with E-state index in [1.807, 2.05) is 24.3 Å². The van der Waals surface area contributed by atoms with Gasteiger partial charge in [-0.15, -0.1) is 11.8 Å². The molecule has 1 amide bonds. The molecule has 0 unspecified atom stereocenters. The zero-order chi connectivity index (χ0) is 24.1. The van der Waals surface area contributed by atoms with Crippen LogP contribution in [0, 0.1) is 5.82 Å². The highest BCUT2D eigenvalue weighted by atomic mass is 35.5. The summed E-state index contributed by atoms with van der Waals surface area (Å²) in [5, 5.41) is 4.42. The first-order valence-corrected chi connectivity index (χ1v) is 12.7. The number of nitrogens with one attached hydrogen (secondary N) is 1. The van der Waals surface area contributed by atoms with E-state index in [1.54, 1.807) is 29.8 Å². The van der Waals surface area contributed by atoms with Crippen LogP contribution in [0.15, 0.2) is 58.2 Å². The molecule has 1 saturated heterocycles. The number of pyridine rings is 1. The van der Waals surface area contributed by atoms with Crippen LogP contribution in [0.3, 0.4) is 0 Å². The summed E-state index contributed by atoms with van der Waals surface area (Å²) in [5.41, 5.74) is 1.33. The van der Waals surface area contributed by atoms with E-state index in [-0.39, 0.29) is 23.0 Å². The molecule has 0 bridgehead atoms. The lowest BCUT2D eigenvalue weighted by atomic mass is 10.2. The molecule has 6 nitrogen and oxygen atoms in total. The van der Waals surface area contributed by atoms with Crippen molar-refractivity contribution in [1.29, 1.82) is 0 Å². The van der Waals surface area contributed by atoms with Crippen LogP contribution in [-0.2, 0) is 11.8 Å². The highest BCUT2D eigenvalue weighted by molar-refractivity contribution is 8.00. The average molecular weight is 503 g/mol. The quantitative estimate of drug-likeness (QED) is 0.375. The smallest absolute Gasteiger partial charge is 0.251 e. The molecule has 0 aliphatic carbocycles. The Kier molecular flexibility index (Phi) is 8.13. The van der Waals surface area contributed by atoms with Crippen molar-refractivity contribution in [3.8, 4) is 0 Å². The Balaban J connectivity index is 1.20. The highest BCUT2D eigenvalue weighted by Crippen LogP contribution is 2.28. The maximum absolute atomic E-state index is 14.0. The number of carbonyl (C=O) groups excluding carboxylic acids is 1. The largest absolute Gasteiger partial charge is 0.367 e. The fourth-order valence-electron chi connectivity index (χ4n) is 4.17. The molecule has 2 aromatic carbocycles. The monoisotopic (exact) mass is 502 g/mol. The van der Waals surface area contributed by atoms with Gasteiger partial charge in [0.15, 0.2) is 0 Å². The molecule has 3 aromatic rings. The van der Waals surface area contributed by atoms with Gasteiger partial charge in [0, 0.05) is 61.1 Å². The number of rotatable bonds is 8. The Morgan fingerprint density at radius 2 is 1.88 bits per heavy atom. The van der Waals surface area contributed by atoms with Crippen LogP contribution >= 0.6 is 23.4 Å². The van der Waals surface area contributed by atoms with Crippen LogP contribution in [0.4, 0.5) is 10.1 Å². The maximum Gasteiger partial charge on any atom is 0.251 e. The molecule has 9 heteroatoms. The van der Waals surface area contributed by atoms with Crippen molar-refractivity contribution in [2.24, 2.45) is 7.05 Å². The summed E-state index contributed by atoms with van der Waals surface area (Å²) in [5.74, 6) is -0.00969. The molecule has 0 spiro atoms. The molecule has 1 aliphatic heterocycles. The highest BCUT2D eigenvalue weighted by Gasteiger charge is 2.19. The van der Waals surface area contributed by atoms with Crippen molar-refractivity contribution >= 4 is 45.9 Å². The third-order valence-corrected chi connectivity index (χ3v) is 7.36. The minimum Gasteiger partial charge on any atom is -0.367 e.